The topological polar surface area (TPSA) is 97.4 Å². The van der Waals surface area contributed by atoms with E-state index in [1.165, 1.54) is 0 Å². The third-order valence-electron chi connectivity index (χ3n) is 3.60. The van der Waals surface area contributed by atoms with E-state index < -0.39 is 0 Å². The maximum Gasteiger partial charge on any atom is 0.277 e. The van der Waals surface area contributed by atoms with E-state index in [1.807, 2.05) is 12.1 Å². The van der Waals surface area contributed by atoms with Gasteiger partial charge in [-0.15, -0.1) is 5.10 Å². The maximum atomic E-state index is 12.0. The summed E-state index contributed by atoms with van der Waals surface area (Å²) < 4.78 is 14.2. The molecule has 3 N–H and O–H groups in total. The summed E-state index contributed by atoms with van der Waals surface area (Å²) in [6.07, 6.45) is 0. The molecule has 0 spiro atoms. The maximum absolute atomic E-state index is 12.0. The Hall–Kier alpha value is -3.24. The number of rotatable bonds is 6. The first-order valence-electron chi connectivity index (χ1n) is 8.07. The number of benzene rings is 2. The molecule has 0 fully saturated rings. The van der Waals surface area contributed by atoms with Crippen molar-refractivity contribution in [3.05, 3.63) is 53.5 Å². The van der Waals surface area contributed by atoms with Crippen molar-refractivity contribution in [1.82, 2.24) is 9.59 Å². The summed E-state index contributed by atoms with van der Waals surface area (Å²) >= 11 is 6.47. The number of hydrogen-bond acceptors (Lipinski definition) is 7. The number of methoxy groups -OCH3 is 2. The van der Waals surface area contributed by atoms with Gasteiger partial charge in [0.1, 0.15) is 11.5 Å². The van der Waals surface area contributed by atoms with Gasteiger partial charge in [-0.3, -0.25) is 4.79 Å². The summed E-state index contributed by atoms with van der Waals surface area (Å²) in [6.45, 7) is 0. The molecule has 10 heteroatoms. The Morgan fingerprint density at radius 1 is 0.929 bits per heavy atom. The number of ether oxygens (including phenoxy) is 2. The van der Waals surface area contributed by atoms with Crippen molar-refractivity contribution in [3.8, 4) is 11.5 Å². The number of aromatic nitrogens is 2. The molecule has 0 aliphatic carbocycles. The van der Waals surface area contributed by atoms with Gasteiger partial charge >= 0.3 is 0 Å². The van der Waals surface area contributed by atoms with Gasteiger partial charge in [-0.1, -0.05) is 4.49 Å². The fourth-order valence-corrected chi connectivity index (χ4v) is 2.94. The van der Waals surface area contributed by atoms with E-state index in [4.69, 9.17) is 21.7 Å². The fraction of sp³-hybridized carbons (Fsp3) is 0.111. The molecule has 0 saturated carbocycles. The summed E-state index contributed by atoms with van der Waals surface area (Å²) in [6, 6.07) is 12.5. The van der Waals surface area contributed by atoms with Crippen molar-refractivity contribution in [2.75, 3.05) is 30.2 Å². The minimum absolute atomic E-state index is 0.284. The van der Waals surface area contributed by atoms with E-state index in [0.717, 1.165) is 22.9 Å². The van der Waals surface area contributed by atoms with Crippen LogP contribution in [0.1, 0.15) is 10.5 Å². The zero-order valence-corrected chi connectivity index (χ0v) is 16.7. The molecule has 0 bridgehead atoms. The molecule has 1 aromatic heterocycles. The second-order valence-electron chi connectivity index (χ2n) is 5.50. The summed E-state index contributed by atoms with van der Waals surface area (Å²) in [5, 5.41) is 14.6. The third kappa shape index (κ3) is 5.15. The Labute approximate surface area is 171 Å². The number of carbonyl (C=O) groups is 1. The summed E-state index contributed by atoms with van der Waals surface area (Å²) in [4.78, 5) is 12.0. The molecular weight excluding hydrogens is 398 g/mol. The first kappa shape index (κ1) is 19.5. The van der Waals surface area contributed by atoms with Gasteiger partial charge in [0.05, 0.1) is 14.2 Å². The number of carbonyl (C=O) groups excluding carboxylic acids is 1. The molecule has 28 heavy (non-hydrogen) atoms. The van der Waals surface area contributed by atoms with Crippen LogP contribution >= 0.6 is 23.8 Å². The van der Waals surface area contributed by atoms with Crippen molar-refractivity contribution >= 4 is 51.8 Å². The third-order valence-corrected chi connectivity index (χ3v) is 4.31. The Bertz CT molecular complexity index is 940. The molecule has 144 valence electrons. The lowest BCUT2D eigenvalue weighted by Crippen LogP contribution is -2.19. The van der Waals surface area contributed by atoms with Crippen LogP contribution in [0.5, 0.6) is 11.5 Å². The normalized spacial score (nSPS) is 10.1. The van der Waals surface area contributed by atoms with Crippen LogP contribution in [0.4, 0.5) is 17.1 Å². The smallest absolute Gasteiger partial charge is 0.277 e. The Balaban J connectivity index is 1.59. The van der Waals surface area contributed by atoms with Crippen LogP contribution in [0.2, 0.25) is 0 Å². The highest BCUT2D eigenvalue weighted by molar-refractivity contribution is 7.80. The second-order valence-corrected chi connectivity index (χ2v) is 6.52. The molecule has 1 amide bonds. The van der Waals surface area contributed by atoms with Crippen LogP contribution in [-0.4, -0.2) is 34.8 Å². The molecule has 1 heterocycles. The second kappa shape index (κ2) is 9.11. The lowest BCUT2D eigenvalue weighted by atomic mass is 10.2. The van der Waals surface area contributed by atoms with E-state index in [2.05, 4.69) is 25.5 Å². The minimum Gasteiger partial charge on any atom is -0.497 e. The van der Waals surface area contributed by atoms with Gasteiger partial charge in [-0.25, -0.2) is 0 Å². The number of anilines is 3. The molecule has 0 aliphatic heterocycles. The number of nitrogens with one attached hydrogen (secondary N) is 3. The lowest BCUT2D eigenvalue weighted by Gasteiger charge is -2.13. The van der Waals surface area contributed by atoms with Gasteiger partial charge in [-0.05, 0) is 48.0 Å². The average molecular weight is 416 g/mol. The standard InChI is InChI=1S/C18H17N5O3S2/c1-25-14-7-13(8-15(9-14)26-2)21-18(27)20-12-5-3-11(4-6-12)19-17(24)16-10-28-23-22-16/h3-10H,1-2H3,(H,19,24)(H2,20,21,27). The molecule has 3 rings (SSSR count). The van der Waals surface area contributed by atoms with Crippen molar-refractivity contribution in [2.24, 2.45) is 0 Å². The summed E-state index contributed by atoms with van der Waals surface area (Å²) in [5.74, 6) is 0.999. The van der Waals surface area contributed by atoms with Crippen LogP contribution in [0.15, 0.2) is 47.8 Å². The predicted octanol–water partition coefficient (Wildman–Crippen LogP) is 3.62. The van der Waals surface area contributed by atoms with Crippen molar-refractivity contribution in [2.45, 2.75) is 0 Å². The summed E-state index contributed by atoms with van der Waals surface area (Å²) in [7, 11) is 3.17. The minimum atomic E-state index is -0.307. The van der Waals surface area contributed by atoms with E-state index >= 15 is 0 Å². The van der Waals surface area contributed by atoms with Crippen LogP contribution in [0, 0.1) is 0 Å². The Kier molecular flexibility index (Phi) is 6.35. The Morgan fingerprint density at radius 2 is 1.50 bits per heavy atom. The predicted molar refractivity (Wildman–Crippen MR) is 114 cm³/mol. The van der Waals surface area contributed by atoms with Crippen LogP contribution in [0.3, 0.4) is 0 Å². The average Bonchev–Trinajstić information content (AvgIpc) is 3.24. The van der Waals surface area contributed by atoms with Gasteiger partial charge in [0, 0.05) is 40.6 Å². The van der Waals surface area contributed by atoms with Crippen LogP contribution in [-0.2, 0) is 0 Å². The largest absolute Gasteiger partial charge is 0.497 e. The van der Waals surface area contributed by atoms with Gasteiger partial charge in [0.25, 0.3) is 5.91 Å². The number of hydrogen-bond donors (Lipinski definition) is 3. The number of nitrogens with zero attached hydrogens (tertiary/aromatic N) is 2. The van der Waals surface area contributed by atoms with Gasteiger partial charge in [0.2, 0.25) is 0 Å². The molecular formula is C18H17N5O3S2. The first-order chi connectivity index (χ1) is 13.6. The molecule has 0 aliphatic rings. The fourth-order valence-electron chi connectivity index (χ4n) is 2.27. The van der Waals surface area contributed by atoms with E-state index in [-0.39, 0.29) is 11.6 Å². The zero-order valence-electron chi connectivity index (χ0n) is 15.1. The molecule has 3 aromatic rings. The van der Waals surface area contributed by atoms with Crippen molar-refractivity contribution in [1.29, 1.82) is 0 Å². The van der Waals surface area contributed by atoms with Crippen LogP contribution in [0.25, 0.3) is 0 Å². The molecule has 0 atom stereocenters. The monoisotopic (exact) mass is 415 g/mol. The van der Waals surface area contributed by atoms with Crippen LogP contribution < -0.4 is 25.4 Å². The highest BCUT2D eigenvalue weighted by Crippen LogP contribution is 2.26. The quantitative estimate of drug-likeness (QED) is 0.525. The number of thiocarbonyl (C=S) groups is 1. The van der Waals surface area contributed by atoms with E-state index in [0.29, 0.717) is 22.3 Å². The zero-order chi connectivity index (χ0) is 19.9. The first-order valence-corrected chi connectivity index (χ1v) is 9.31. The van der Waals surface area contributed by atoms with E-state index in [1.54, 1.807) is 49.9 Å². The lowest BCUT2D eigenvalue weighted by molar-refractivity contribution is 0.102. The highest BCUT2D eigenvalue weighted by atomic mass is 32.1. The van der Waals surface area contributed by atoms with Gasteiger partial charge < -0.3 is 25.4 Å². The van der Waals surface area contributed by atoms with Gasteiger partial charge in [0.15, 0.2) is 10.8 Å². The van der Waals surface area contributed by atoms with E-state index in [9.17, 15) is 4.79 Å². The highest BCUT2D eigenvalue weighted by Gasteiger charge is 2.09. The molecule has 0 unspecified atom stereocenters. The molecule has 0 saturated heterocycles. The Morgan fingerprint density at radius 3 is 2.04 bits per heavy atom. The molecule has 0 radical (unpaired) electrons. The summed E-state index contributed by atoms with van der Waals surface area (Å²) in [5.41, 5.74) is 2.42. The molecule has 8 nitrogen and oxygen atoms in total. The number of amides is 1. The molecule has 2 aromatic carbocycles. The van der Waals surface area contributed by atoms with Crippen molar-refractivity contribution < 1.29 is 14.3 Å². The SMILES string of the molecule is COc1cc(NC(=S)Nc2ccc(NC(=O)c3csnn3)cc2)cc(OC)c1. The van der Waals surface area contributed by atoms with Gasteiger partial charge in [-0.2, -0.15) is 0 Å². The van der Waals surface area contributed by atoms with Crippen molar-refractivity contribution in [3.63, 3.8) is 0 Å².